The minimum absolute atomic E-state index is 0.0986. The fourth-order valence-electron chi connectivity index (χ4n) is 7.12. The minimum atomic E-state index is -4.52. The maximum atomic E-state index is 14.2. The van der Waals surface area contributed by atoms with Gasteiger partial charge in [0.2, 0.25) is 5.69 Å². The Kier molecular flexibility index (Phi) is 11.5. The van der Waals surface area contributed by atoms with Gasteiger partial charge in [-0.15, -0.1) is 0 Å². The number of ketones is 1. The van der Waals surface area contributed by atoms with Gasteiger partial charge in [-0.25, -0.2) is 0 Å². The van der Waals surface area contributed by atoms with Gasteiger partial charge >= 0.3 is 12.4 Å². The number of fused-ring (bicyclic) bond motifs is 2. The zero-order valence-electron chi connectivity index (χ0n) is 31.2. The summed E-state index contributed by atoms with van der Waals surface area (Å²) in [6.45, 7) is 20.9. The zero-order chi connectivity index (χ0) is 38.3. The molecule has 2 aliphatic rings. The number of hydrogen-bond donors (Lipinski definition) is 0. The summed E-state index contributed by atoms with van der Waals surface area (Å²) in [6.07, 6.45) is -3.16. The van der Waals surface area contributed by atoms with E-state index in [1.54, 1.807) is 12.2 Å². The van der Waals surface area contributed by atoms with Crippen LogP contribution in [0.15, 0.2) is 72.2 Å². The Balaban J connectivity index is 1.80. The van der Waals surface area contributed by atoms with Gasteiger partial charge in [-0.1, -0.05) is 54.2 Å². The molecular weight excluding hydrogens is 666 g/mol. The van der Waals surface area contributed by atoms with E-state index in [2.05, 4.69) is 34.3 Å². The van der Waals surface area contributed by atoms with Crippen LogP contribution >= 0.6 is 0 Å². The quantitative estimate of drug-likeness (QED) is 0.0680. The van der Waals surface area contributed by atoms with E-state index in [0.29, 0.717) is 53.1 Å². The van der Waals surface area contributed by atoms with Gasteiger partial charge in [-0.3, -0.25) is 4.79 Å². The molecule has 4 nitrogen and oxygen atoms in total. The summed E-state index contributed by atoms with van der Waals surface area (Å²) in [5, 5.41) is 0. The first-order valence-electron chi connectivity index (χ1n) is 17.6. The number of nitrogens with zero attached hydrogens (tertiary/aromatic N) is 2. The number of halogens is 6. The molecule has 2 aliphatic heterocycles. The van der Waals surface area contributed by atoms with Crippen molar-refractivity contribution in [2.75, 3.05) is 25.1 Å². The van der Waals surface area contributed by atoms with Crippen LogP contribution < -0.4 is 4.90 Å². The highest BCUT2D eigenvalue weighted by molar-refractivity contribution is 6.10. The van der Waals surface area contributed by atoms with Crippen LogP contribution in [0.5, 0.6) is 0 Å². The van der Waals surface area contributed by atoms with Gasteiger partial charge in [0.05, 0.1) is 29.2 Å². The van der Waals surface area contributed by atoms with Gasteiger partial charge in [-0.05, 0) is 74.4 Å². The normalized spacial score (nSPS) is 17.9. The van der Waals surface area contributed by atoms with Gasteiger partial charge in [0.15, 0.2) is 11.5 Å². The summed E-state index contributed by atoms with van der Waals surface area (Å²) in [7, 11) is 1.40. The molecule has 0 aliphatic carbocycles. The molecule has 0 aromatic heterocycles. The third-order valence-electron chi connectivity index (χ3n) is 10.1. The molecule has 4 rings (SSSR count). The molecule has 10 heteroatoms. The van der Waals surface area contributed by atoms with Crippen molar-refractivity contribution in [2.45, 2.75) is 104 Å². The first-order chi connectivity index (χ1) is 23.5. The van der Waals surface area contributed by atoms with E-state index in [1.165, 1.54) is 31.4 Å². The van der Waals surface area contributed by atoms with E-state index in [-0.39, 0.29) is 23.5 Å². The van der Waals surface area contributed by atoms with Crippen molar-refractivity contribution in [3.8, 4) is 0 Å². The number of ether oxygens (including phenoxy) is 1. The van der Waals surface area contributed by atoms with Crippen LogP contribution in [0, 0.1) is 11.8 Å². The van der Waals surface area contributed by atoms with Crippen LogP contribution in [0.25, 0.3) is 0 Å². The third kappa shape index (κ3) is 8.30. The smallest absolute Gasteiger partial charge is 0.416 e. The molecule has 0 amide bonds. The van der Waals surface area contributed by atoms with Gasteiger partial charge in [-0.2, -0.15) is 30.9 Å². The lowest BCUT2D eigenvalue weighted by atomic mass is 9.80. The number of rotatable bonds is 13. The van der Waals surface area contributed by atoms with E-state index >= 15 is 0 Å². The number of Topliss-reactive ketones (excluding diaryl/α,β-unsaturated/α-hetero) is 1. The molecule has 0 bridgehead atoms. The fourth-order valence-corrected chi connectivity index (χ4v) is 7.12. The molecular formula is C41H51F6N2O2+. The predicted molar refractivity (Wildman–Crippen MR) is 192 cm³/mol. The number of benzene rings is 2. The highest BCUT2D eigenvalue weighted by Gasteiger charge is 2.47. The number of allylic oxidation sites excluding steroid dienone is 4. The molecule has 0 atom stereocenters. The van der Waals surface area contributed by atoms with Gasteiger partial charge in [0, 0.05) is 53.9 Å². The summed E-state index contributed by atoms with van der Waals surface area (Å²) < 4.78 is 90.3. The Hall–Kier alpha value is -3.82. The lowest BCUT2D eigenvalue weighted by Gasteiger charge is -2.27. The topological polar surface area (TPSA) is 32.6 Å². The molecule has 0 N–H and O–H groups in total. The van der Waals surface area contributed by atoms with Crippen LogP contribution in [-0.2, 0) is 32.7 Å². The molecule has 2 aromatic carbocycles. The Labute approximate surface area is 298 Å². The molecule has 2 heterocycles. The van der Waals surface area contributed by atoms with E-state index in [9.17, 15) is 31.1 Å². The summed E-state index contributed by atoms with van der Waals surface area (Å²) in [4.78, 5) is 16.2. The maximum absolute atomic E-state index is 14.2. The first-order valence-corrected chi connectivity index (χ1v) is 17.6. The molecule has 51 heavy (non-hydrogen) atoms. The van der Waals surface area contributed by atoms with Crippen molar-refractivity contribution < 1.29 is 40.4 Å². The standard InChI is InChI=1S/C41H51F6N2O2/c1-25(2)12-11-20-48-33-15-13-28(40(42,43)44)22-31(33)38(6,7)36(48)18-17-35(50)30(27(5)51-10)24-37-39(8,9)32-23-29(41(45,46)47)14-16-34(32)49(37)21-19-26(3)4/h13-16,18,22-26H,5,11-12,17,19-21H2,1-4,6-10H3/q+1/b30-24+,36-18-. The molecule has 0 unspecified atom stereocenters. The van der Waals surface area contributed by atoms with E-state index in [1.807, 2.05) is 37.2 Å². The molecule has 0 fully saturated rings. The zero-order valence-corrected chi connectivity index (χ0v) is 31.2. The number of hydrogen-bond acceptors (Lipinski definition) is 3. The van der Waals surface area contributed by atoms with Crippen molar-refractivity contribution >= 4 is 22.9 Å². The Morgan fingerprint density at radius 3 is 2.00 bits per heavy atom. The van der Waals surface area contributed by atoms with Gasteiger partial charge in [0.25, 0.3) is 0 Å². The number of carbonyl (C=O) groups is 1. The Morgan fingerprint density at radius 1 is 0.882 bits per heavy atom. The molecule has 0 spiro atoms. The SMILES string of the molecule is C=C(OC)/C(=C\C1=[N+](CCC(C)C)c2ccc(C(F)(F)F)cc2C1(C)C)C(=O)C/C=C1\N(CCCC(C)C)c2ccc(C(F)(F)F)cc2C1(C)C. The van der Waals surface area contributed by atoms with Gasteiger partial charge in [0.1, 0.15) is 12.3 Å². The van der Waals surface area contributed by atoms with E-state index in [0.717, 1.165) is 37.1 Å². The molecule has 278 valence electrons. The Bertz CT molecular complexity index is 1760. The predicted octanol–water partition coefficient (Wildman–Crippen LogP) is 11.3. The van der Waals surface area contributed by atoms with E-state index < -0.39 is 34.3 Å². The first kappa shape index (κ1) is 40.0. The van der Waals surface area contributed by atoms with Crippen molar-refractivity contribution in [3.05, 3.63) is 94.4 Å². The minimum Gasteiger partial charge on any atom is -0.497 e. The lowest BCUT2D eigenvalue weighted by Crippen LogP contribution is -2.29. The maximum Gasteiger partial charge on any atom is 0.416 e. The Morgan fingerprint density at radius 2 is 1.45 bits per heavy atom. The second-order valence-electron chi connectivity index (χ2n) is 15.5. The van der Waals surface area contributed by atoms with Crippen molar-refractivity contribution in [2.24, 2.45) is 11.8 Å². The second kappa shape index (κ2) is 14.7. The van der Waals surface area contributed by atoms with Gasteiger partial charge < -0.3 is 9.64 Å². The van der Waals surface area contributed by atoms with Crippen molar-refractivity contribution in [3.63, 3.8) is 0 Å². The second-order valence-corrected chi connectivity index (χ2v) is 15.5. The fraction of sp³-hybridized carbons (Fsp3) is 0.512. The highest BCUT2D eigenvalue weighted by Crippen LogP contribution is 2.50. The average Bonchev–Trinajstić information content (AvgIpc) is 3.37. The summed E-state index contributed by atoms with van der Waals surface area (Å²) >= 11 is 0. The van der Waals surface area contributed by atoms with Crippen LogP contribution in [0.3, 0.4) is 0 Å². The lowest BCUT2D eigenvalue weighted by molar-refractivity contribution is -0.439. The number of carbonyl (C=O) groups excluding carboxylic acids is 1. The summed E-state index contributed by atoms with van der Waals surface area (Å²) in [5.41, 5.74) is 0.744. The summed E-state index contributed by atoms with van der Waals surface area (Å²) in [6, 6.07) is 7.59. The van der Waals surface area contributed by atoms with Crippen molar-refractivity contribution in [1.82, 2.24) is 0 Å². The van der Waals surface area contributed by atoms with Crippen LogP contribution in [0.4, 0.5) is 37.7 Å². The number of anilines is 1. The average molecular weight is 718 g/mol. The summed E-state index contributed by atoms with van der Waals surface area (Å²) in [5.74, 6) is 0.527. The van der Waals surface area contributed by atoms with E-state index in [4.69, 9.17) is 4.74 Å². The third-order valence-corrected chi connectivity index (χ3v) is 10.1. The van der Waals surface area contributed by atoms with Crippen molar-refractivity contribution in [1.29, 1.82) is 0 Å². The van der Waals surface area contributed by atoms with Crippen LogP contribution in [-0.4, -0.2) is 36.3 Å². The van der Waals surface area contributed by atoms with Crippen LogP contribution in [0.2, 0.25) is 0 Å². The highest BCUT2D eigenvalue weighted by atomic mass is 19.4. The monoisotopic (exact) mass is 717 g/mol. The molecule has 0 saturated heterocycles. The van der Waals surface area contributed by atoms with Crippen LogP contribution in [0.1, 0.15) is 103 Å². The number of alkyl halides is 6. The molecule has 2 aromatic rings. The number of methoxy groups -OCH3 is 1. The largest absolute Gasteiger partial charge is 0.497 e. The molecule has 0 radical (unpaired) electrons. The molecule has 0 saturated carbocycles.